The molecule has 1 aromatic carbocycles. The third-order valence-electron chi connectivity index (χ3n) is 5.89. The molecule has 2 amide bonds. The van der Waals surface area contributed by atoms with E-state index in [9.17, 15) is 9.59 Å². The van der Waals surface area contributed by atoms with Gasteiger partial charge in [0.25, 0.3) is 0 Å². The van der Waals surface area contributed by atoms with Crippen molar-refractivity contribution in [3.8, 4) is 5.75 Å². The fraction of sp³-hybridized carbons (Fsp3) is 0.619. The van der Waals surface area contributed by atoms with E-state index in [1.54, 1.807) is 7.11 Å². The number of amides is 2. The minimum atomic E-state index is 0.0276. The number of piperazine rings is 1. The number of nitrogens with one attached hydrogen (secondary N) is 1. The molecule has 2 fully saturated rings. The van der Waals surface area contributed by atoms with Crippen molar-refractivity contribution in [1.82, 2.24) is 15.1 Å². The van der Waals surface area contributed by atoms with Crippen LogP contribution in [-0.2, 0) is 16.1 Å². The first-order valence-corrected chi connectivity index (χ1v) is 9.95. The van der Waals surface area contributed by atoms with E-state index in [0.717, 1.165) is 63.2 Å². The molecule has 148 valence electrons. The third-order valence-corrected chi connectivity index (χ3v) is 5.89. The van der Waals surface area contributed by atoms with Gasteiger partial charge in [-0.15, -0.1) is 0 Å². The normalized spacial score (nSPS) is 23.7. The van der Waals surface area contributed by atoms with Crippen molar-refractivity contribution in [2.45, 2.75) is 32.2 Å². The number of benzene rings is 1. The lowest BCUT2D eigenvalue weighted by Crippen LogP contribution is -2.49. The van der Waals surface area contributed by atoms with Gasteiger partial charge in [0.2, 0.25) is 11.8 Å². The van der Waals surface area contributed by atoms with Crippen LogP contribution in [-0.4, -0.2) is 62.0 Å². The maximum absolute atomic E-state index is 12.7. The molecule has 1 N–H and O–H groups in total. The zero-order valence-corrected chi connectivity index (χ0v) is 16.4. The summed E-state index contributed by atoms with van der Waals surface area (Å²) in [7, 11) is 3.74. The Kier molecular flexibility index (Phi) is 6.72. The molecule has 1 aliphatic heterocycles. The molecule has 1 heterocycles. The molecule has 1 aliphatic carbocycles. The van der Waals surface area contributed by atoms with Gasteiger partial charge in [-0.05, 0) is 50.4 Å². The van der Waals surface area contributed by atoms with E-state index < -0.39 is 0 Å². The Morgan fingerprint density at radius 3 is 2.19 bits per heavy atom. The molecular formula is C21H31N3O3. The van der Waals surface area contributed by atoms with Crippen molar-refractivity contribution in [3.05, 3.63) is 29.8 Å². The lowest BCUT2D eigenvalue weighted by Gasteiger charge is -2.36. The van der Waals surface area contributed by atoms with E-state index in [1.807, 2.05) is 29.2 Å². The highest BCUT2D eigenvalue weighted by molar-refractivity contribution is 5.81. The molecule has 2 aliphatic rings. The molecule has 1 saturated heterocycles. The average molecular weight is 373 g/mol. The van der Waals surface area contributed by atoms with Gasteiger partial charge in [-0.2, -0.15) is 0 Å². The summed E-state index contributed by atoms with van der Waals surface area (Å²) < 4.78 is 5.15. The molecule has 1 saturated carbocycles. The van der Waals surface area contributed by atoms with Crippen LogP contribution in [0.25, 0.3) is 0 Å². The molecular weight excluding hydrogens is 342 g/mol. The van der Waals surface area contributed by atoms with Gasteiger partial charge in [-0.3, -0.25) is 9.59 Å². The first-order valence-electron chi connectivity index (χ1n) is 9.95. The van der Waals surface area contributed by atoms with Gasteiger partial charge < -0.3 is 19.9 Å². The largest absolute Gasteiger partial charge is 0.497 e. The molecule has 1 aromatic rings. The van der Waals surface area contributed by atoms with Crippen LogP contribution in [0.3, 0.4) is 0 Å². The monoisotopic (exact) mass is 373 g/mol. The van der Waals surface area contributed by atoms with Crippen LogP contribution >= 0.6 is 0 Å². The fourth-order valence-electron chi connectivity index (χ4n) is 3.96. The van der Waals surface area contributed by atoms with Crippen molar-refractivity contribution in [2.24, 2.45) is 11.8 Å². The van der Waals surface area contributed by atoms with Crippen LogP contribution in [0.15, 0.2) is 24.3 Å². The van der Waals surface area contributed by atoms with Crippen molar-refractivity contribution in [2.75, 3.05) is 40.3 Å². The molecule has 6 nitrogen and oxygen atoms in total. The minimum absolute atomic E-state index is 0.0276. The van der Waals surface area contributed by atoms with Crippen LogP contribution in [0.4, 0.5) is 0 Å². The zero-order chi connectivity index (χ0) is 19.2. The summed E-state index contributed by atoms with van der Waals surface area (Å²) in [5.41, 5.74) is 1.06. The lowest BCUT2D eigenvalue weighted by atomic mass is 9.80. The standard InChI is InChI=1S/C21H31N3O3/c1-23-11-13-24(14-12-23)21(26)18-7-5-17(6-8-18)20(25)22-15-16-3-9-19(27-2)10-4-16/h3-4,9-10,17-18H,5-8,11-15H2,1-2H3,(H,22,25). The Morgan fingerprint density at radius 1 is 1.00 bits per heavy atom. The summed E-state index contributed by atoms with van der Waals surface area (Å²) in [6.07, 6.45) is 3.26. The molecule has 0 spiro atoms. The number of nitrogens with zero attached hydrogens (tertiary/aromatic N) is 2. The number of likely N-dealkylation sites (N-methyl/N-ethyl adjacent to an activating group) is 1. The lowest BCUT2D eigenvalue weighted by molar-refractivity contribution is -0.139. The molecule has 0 radical (unpaired) electrons. The summed E-state index contributed by atoms with van der Waals surface area (Å²) in [6.45, 7) is 4.10. The fourth-order valence-corrected chi connectivity index (χ4v) is 3.96. The molecule has 3 rings (SSSR count). The van der Waals surface area contributed by atoms with Gasteiger partial charge in [0.05, 0.1) is 7.11 Å². The molecule has 0 bridgehead atoms. The van der Waals surface area contributed by atoms with Gasteiger partial charge in [-0.25, -0.2) is 0 Å². The van der Waals surface area contributed by atoms with Crippen molar-refractivity contribution < 1.29 is 14.3 Å². The summed E-state index contributed by atoms with van der Waals surface area (Å²) in [4.78, 5) is 29.4. The zero-order valence-electron chi connectivity index (χ0n) is 16.4. The van der Waals surface area contributed by atoms with E-state index in [0.29, 0.717) is 12.5 Å². The Labute approximate surface area is 161 Å². The topological polar surface area (TPSA) is 61.9 Å². The SMILES string of the molecule is COc1ccc(CNC(=O)C2CCC(C(=O)N3CCN(C)CC3)CC2)cc1. The molecule has 6 heteroatoms. The minimum Gasteiger partial charge on any atom is -0.497 e. The maximum Gasteiger partial charge on any atom is 0.225 e. The van der Waals surface area contributed by atoms with Gasteiger partial charge >= 0.3 is 0 Å². The number of hydrogen-bond acceptors (Lipinski definition) is 4. The van der Waals surface area contributed by atoms with Crippen molar-refractivity contribution in [1.29, 1.82) is 0 Å². The number of ether oxygens (including phenoxy) is 1. The Hall–Kier alpha value is -2.08. The number of methoxy groups -OCH3 is 1. The number of hydrogen-bond donors (Lipinski definition) is 1. The quantitative estimate of drug-likeness (QED) is 0.856. The Morgan fingerprint density at radius 2 is 1.59 bits per heavy atom. The van der Waals surface area contributed by atoms with Gasteiger partial charge in [-0.1, -0.05) is 12.1 Å². The molecule has 27 heavy (non-hydrogen) atoms. The van der Waals surface area contributed by atoms with Gasteiger partial charge in [0, 0.05) is 44.6 Å². The summed E-state index contributed by atoms with van der Waals surface area (Å²) in [5.74, 6) is 1.34. The first-order chi connectivity index (χ1) is 13.1. The second-order valence-corrected chi connectivity index (χ2v) is 7.74. The summed E-state index contributed by atoms with van der Waals surface area (Å²) in [5, 5.41) is 3.04. The smallest absolute Gasteiger partial charge is 0.225 e. The second kappa shape index (κ2) is 9.22. The van der Waals surface area contributed by atoms with Gasteiger partial charge in [0.15, 0.2) is 0 Å². The van der Waals surface area contributed by atoms with E-state index >= 15 is 0 Å². The second-order valence-electron chi connectivity index (χ2n) is 7.74. The highest BCUT2D eigenvalue weighted by Crippen LogP contribution is 2.30. The predicted molar refractivity (Wildman–Crippen MR) is 104 cm³/mol. The van der Waals surface area contributed by atoms with Crippen LogP contribution in [0.5, 0.6) is 5.75 Å². The van der Waals surface area contributed by atoms with E-state index in [-0.39, 0.29) is 17.7 Å². The number of rotatable bonds is 5. The highest BCUT2D eigenvalue weighted by atomic mass is 16.5. The Bertz CT molecular complexity index is 631. The van der Waals surface area contributed by atoms with Crippen LogP contribution in [0.1, 0.15) is 31.2 Å². The average Bonchev–Trinajstić information content (AvgIpc) is 2.72. The molecule has 0 aromatic heterocycles. The van der Waals surface area contributed by atoms with E-state index in [2.05, 4.69) is 17.3 Å². The Balaban J connectivity index is 1.41. The summed E-state index contributed by atoms with van der Waals surface area (Å²) in [6, 6.07) is 7.72. The van der Waals surface area contributed by atoms with Crippen molar-refractivity contribution >= 4 is 11.8 Å². The molecule has 0 unspecified atom stereocenters. The predicted octanol–water partition coefficient (Wildman–Crippen LogP) is 1.89. The van der Waals surface area contributed by atoms with E-state index in [1.165, 1.54) is 0 Å². The van der Waals surface area contributed by atoms with Crippen LogP contribution < -0.4 is 10.1 Å². The van der Waals surface area contributed by atoms with E-state index in [4.69, 9.17) is 4.74 Å². The third kappa shape index (κ3) is 5.22. The number of carbonyl (C=O) groups excluding carboxylic acids is 2. The van der Waals surface area contributed by atoms with Crippen LogP contribution in [0.2, 0.25) is 0 Å². The highest BCUT2D eigenvalue weighted by Gasteiger charge is 2.32. The number of carbonyl (C=O) groups is 2. The molecule has 0 atom stereocenters. The van der Waals surface area contributed by atoms with Crippen molar-refractivity contribution in [3.63, 3.8) is 0 Å². The first kappa shape index (κ1) is 19.7. The maximum atomic E-state index is 12.7. The summed E-state index contributed by atoms with van der Waals surface area (Å²) >= 11 is 0. The van der Waals surface area contributed by atoms with Gasteiger partial charge in [0.1, 0.15) is 5.75 Å². The van der Waals surface area contributed by atoms with Crippen LogP contribution in [0, 0.1) is 11.8 Å².